The molecule has 0 aliphatic carbocycles. The number of halogens is 2. The zero-order chi connectivity index (χ0) is 22.3. The number of nitrogens with one attached hydrogen (secondary N) is 1. The first-order valence-corrected chi connectivity index (χ1v) is 11.6. The van der Waals surface area contributed by atoms with Crippen molar-refractivity contribution in [3.05, 3.63) is 69.9 Å². The predicted molar refractivity (Wildman–Crippen MR) is 123 cm³/mol. The van der Waals surface area contributed by atoms with E-state index in [1.807, 2.05) is 12.1 Å². The monoisotopic (exact) mass is 475 g/mol. The number of benzene rings is 2. The van der Waals surface area contributed by atoms with Crippen LogP contribution in [0.2, 0.25) is 5.02 Å². The van der Waals surface area contributed by atoms with Gasteiger partial charge in [-0.3, -0.25) is 9.69 Å². The van der Waals surface area contributed by atoms with Crippen LogP contribution in [-0.4, -0.2) is 55.2 Å². The van der Waals surface area contributed by atoms with E-state index in [2.05, 4.69) is 15.2 Å². The van der Waals surface area contributed by atoms with Gasteiger partial charge in [0.2, 0.25) is 0 Å². The van der Waals surface area contributed by atoms with Gasteiger partial charge in [0.15, 0.2) is 0 Å². The van der Waals surface area contributed by atoms with E-state index in [1.54, 1.807) is 29.6 Å². The Balaban J connectivity index is 1.30. The molecule has 4 rings (SSSR count). The van der Waals surface area contributed by atoms with Crippen LogP contribution >= 0.6 is 22.9 Å². The van der Waals surface area contributed by atoms with Crippen molar-refractivity contribution in [1.82, 2.24) is 15.2 Å². The summed E-state index contributed by atoms with van der Waals surface area (Å²) in [4.78, 5) is 19.1. The highest BCUT2D eigenvalue weighted by Gasteiger charge is 2.14. The number of hydrogen-bond donors (Lipinski definition) is 1. The average Bonchev–Trinajstić information content (AvgIpc) is 3.30. The lowest BCUT2D eigenvalue weighted by atomic mass is 10.2. The number of rotatable bonds is 8. The Morgan fingerprint density at radius 1 is 1.22 bits per heavy atom. The first-order chi connectivity index (χ1) is 15.6. The topological polar surface area (TPSA) is 63.7 Å². The van der Waals surface area contributed by atoms with Crippen molar-refractivity contribution in [2.45, 2.75) is 6.61 Å². The Bertz CT molecular complexity index is 1030. The standard InChI is InChI=1S/C23H23ClFN3O3S/c24-19-2-1-3-20(25)18(19)14-31-17-6-4-16(5-7-17)23-27-21(15-32-23)22(29)26-8-9-28-10-12-30-13-11-28/h1-7,15H,8-14H2,(H,26,29). The van der Waals surface area contributed by atoms with E-state index in [4.69, 9.17) is 21.1 Å². The summed E-state index contributed by atoms with van der Waals surface area (Å²) >= 11 is 7.44. The Hall–Kier alpha value is -2.52. The van der Waals surface area contributed by atoms with Gasteiger partial charge in [0.25, 0.3) is 5.91 Å². The fourth-order valence-corrected chi connectivity index (χ4v) is 4.30. The number of aromatic nitrogens is 1. The fourth-order valence-electron chi connectivity index (χ4n) is 3.27. The molecular weight excluding hydrogens is 453 g/mol. The third kappa shape index (κ3) is 5.83. The third-order valence-corrected chi connectivity index (χ3v) is 6.35. The molecule has 0 bridgehead atoms. The SMILES string of the molecule is O=C(NCCN1CCOCC1)c1csc(-c2ccc(OCc3c(F)cccc3Cl)cc2)n1. The van der Waals surface area contributed by atoms with Gasteiger partial charge in [-0.25, -0.2) is 9.37 Å². The molecule has 1 amide bonds. The summed E-state index contributed by atoms with van der Waals surface area (Å²) in [6.45, 7) is 4.67. The minimum absolute atomic E-state index is 0.0386. The van der Waals surface area contributed by atoms with Gasteiger partial charge in [-0.15, -0.1) is 11.3 Å². The number of nitrogens with zero attached hydrogens (tertiary/aromatic N) is 2. The summed E-state index contributed by atoms with van der Waals surface area (Å²) in [7, 11) is 0. The first kappa shape index (κ1) is 22.7. The molecule has 0 spiro atoms. The molecule has 0 atom stereocenters. The second-order valence-corrected chi connectivity index (χ2v) is 8.53. The molecule has 3 aromatic rings. The number of thiazole rings is 1. The summed E-state index contributed by atoms with van der Waals surface area (Å²) in [6, 6.07) is 11.8. The van der Waals surface area contributed by atoms with Gasteiger partial charge in [-0.2, -0.15) is 0 Å². The lowest BCUT2D eigenvalue weighted by molar-refractivity contribution is 0.0383. The summed E-state index contributed by atoms with van der Waals surface area (Å²) in [5.74, 6) is 0.0147. The van der Waals surface area contributed by atoms with E-state index in [0.29, 0.717) is 28.6 Å². The van der Waals surface area contributed by atoms with Crippen molar-refractivity contribution in [3.8, 4) is 16.3 Å². The largest absolute Gasteiger partial charge is 0.489 e. The molecule has 0 saturated carbocycles. The van der Waals surface area contributed by atoms with Crippen LogP contribution < -0.4 is 10.1 Å². The maximum Gasteiger partial charge on any atom is 0.270 e. The number of carbonyl (C=O) groups excluding carboxylic acids is 1. The van der Waals surface area contributed by atoms with E-state index in [9.17, 15) is 9.18 Å². The van der Waals surface area contributed by atoms with Crippen LogP contribution in [0.15, 0.2) is 47.8 Å². The molecule has 0 radical (unpaired) electrons. The third-order valence-electron chi connectivity index (χ3n) is 5.10. The van der Waals surface area contributed by atoms with Crippen molar-refractivity contribution in [3.63, 3.8) is 0 Å². The maximum atomic E-state index is 13.9. The van der Waals surface area contributed by atoms with Crippen LogP contribution in [0.1, 0.15) is 16.1 Å². The normalized spacial score (nSPS) is 14.3. The zero-order valence-electron chi connectivity index (χ0n) is 17.4. The van der Waals surface area contributed by atoms with E-state index in [-0.39, 0.29) is 12.5 Å². The molecular formula is C23H23ClFN3O3S. The highest BCUT2D eigenvalue weighted by molar-refractivity contribution is 7.13. The minimum atomic E-state index is -0.396. The summed E-state index contributed by atoms with van der Waals surface area (Å²) in [5.41, 5.74) is 1.60. The molecule has 1 fully saturated rings. The van der Waals surface area contributed by atoms with Crippen molar-refractivity contribution in [1.29, 1.82) is 0 Å². The second-order valence-electron chi connectivity index (χ2n) is 7.26. The molecule has 168 valence electrons. The van der Waals surface area contributed by atoms with Crippen LogP contribution in [0.4, 0.5) is 4.39 Å². The molecule has 9 heteroatoms. The van der Waals surface area contributed by atoms with Crippen LogP contribution in [0, 0.1) is 5.82 Å². The van der Waals surface area contributed by atoms with Crippen LogP contribution in [-0.2, 0) is 11.3 Å². The molecule has 1 aromatic heterocycles. The number of ether oxygens (including phenoxy) is 2. The molecule has 2 heterocycles. The highest BCUT2D eigenvalue weighted by Crippen LogP contribution is 2.27. The van der Waals surface area contributed by atoms with Gasteiger partial charge in [-0.05, 0) is 36.4 Å². The van der Waals surface area contributed by atoms with Crippen LogP contribution in [0.3, 0.4) is 0 Å². The molecule has 2 aromatic carbocycles. The van der Waals surface area contributed by atoms with Crippen molar-refractivity contribution < 1.29 is 18.7 Å². The fraction of sp³-hybridized carbons (Fsp3) is 0.304. The summed E-state index contributed by atoms with van der Waals surface area (Å²) < 4.78 is 24.9. The smallest absolute Gasteiger partial charge is 0.270 e. The van der Waals surface area contributed by atoms with Crippen molar-refractivity contribution in [2.24, 2.45) is 0 Å². The quantitative estimate of drug-likeness (QED) is 0.528. The molecule has 1 N–H and O–H groups in total. The van der Waals surface area contributed by atoms with Gasteiger partial charge in [0.1, 0.15) is 28.9 Å². The predicted octanol–water partition coefficient (Wildman–Crippen LogP) is 4.24. The van der Waals surface area contributed by atoms with E-state index in [0.717, 1.165) is 43.4 Å². The number of morpholine rings is 1. The Labute approximate surface area is 194 Å². The average molecular weight is 476 g/mol. The van der Waals surface area contributed by atoms with Gasteiger partial charge in [0, 0.05) is 42.7 Å². The van der Waals surface area contributed by atoms with Gasteiger partial charge in [0.05, 0.1) is 18.2 Å². The zero-order valence-corrected chi connectivity index (χ0v) is 18.9. The lowest BCUT2D eigenvalue weighted by Gasteiger charge is -2.26. The molecule has 1 aliphatic rings. The Morgan fingerprint density at radius 2 is 2.00 bits per heavy atom. The van der Waals surface area contributed by atoms with Crippen molar-refractivity contribution in [2.75, 3.05) is 39.4 Å². The first-order valence-electron chi connectivity index (χ1n) is 10.3. The molecule has 1 aliphatic heterocycles. The number of carbonyl (C=O) groups is 1. The van der Waals surface area contributed by atoms with Gasteiger partial charge in [-0.1, -0.05) is 17.7 Å². The number of amides is 1. The summed E-state index contributed by atoms with van der Waals surface area (Å²) in [6.07, 6.45) is 0. The number of hydrogen-bond acceptors (Lipinski definition) is 6. The molecule has 32 heavy (non-hydrogen) atoms. The second kappa shape index (κ2) is 10.9. The lowest BCUT2D eigenvalue weighted by Crippen LogP contribution is -2.41. The molecule has 0 unspecified atom stereocenters. The Kier molecular flexibility index (Phi) is 7.70. The maximum absolute atomic E-state index is 13.9. The van der Waals surface area contributed by atoms with Gasteiger partial charge >= 0.3 is 0 Å². The molecule has 1 saturated heterocycles. The molecule has 6 nitrogen and oxygen atoms in total. The van der Waals surface area contributed by atoms with E-state index in [1.165, 1.54) is 17.4 Å². The van der Waals surface area contributed by atoms with E-state index >= 15 is 0 Å². The minimum Gasteiger partial charge on any atom is -0.489 e. The van der Waals surface area contributed by atoms with Gasteiger partial charge < -0.3 is 14.8 Å². The van der Waals surface area contributed by atoms with Crippen molar-refractivity contribution >= 4 is 28.8 Å². The summed E-state index contributed by atoms with van der Waals surface area (Å²) in [5, 5.41) is 5.75. The van der Waals surface area contributed by atoms with Crippen LogP contribution in [0.25, 0.3) is 10.6 Å². The van der Waals surface area contributed by atoms with Crippen LogP contribution in [0.5, 0.6) is 5.75 Å². The highest BCUT2D eigenvalue weighted by atomic mass is 35.5. The Morgan fingerprint density at radius 3 is 2.75 bits per heavy atom. The van der Waals surface area contributed by atoms with E-state index < -0.39 is 5.82 Å².